The maximum absolute atomic E-state index is 14.0. The maximum Gasteiger partial charge on any atom is 0.281 e. The third kappa shape index (κ3) is 3.24. The third-order valence-corrected chi connectivity index (χ3v) is 4.30. The average Bonchev–Trinajstić information content (AvgIpc) is 3.22. The summed E-state index contributed by atoms with van der Waals surface area (Å²) in [4.78, 5) is 13.7. The van der Waals surface area contributed by atoms with Gasteiger partial charge in [-0.2, -0.15) is 0 Å². The van der Waals surface area contributed by atoms with Crippen LogP contribution in [0.5, 0.6) is 0 Å². The number of anilines is 1. The van der Waals surface area contributed by atoms with Gasteiger partial charge in [-0.3, -0.25) is 4.79 Å². The predicted octanol–water partition coefficient (Wildman–Crippen LogP) is 4.49. The maximum atomic E-state index is 14.0. The highest BCUT2D eigenvalue weighted by atomic mass is 32.1. The van der Waals surface area contributed by atoms with Gasteiger partial charge in [-0.05, 0) is 60.7 Å². The third-order valence-electron chi connectivity index (χ3n) is 4.01. The fourth-order valence-corrected chi connectivity index (χ4v) is 3.02. The zero-order valence-electron chi connectivity index (χ0n) is 13.8. The van der Waals surface area contributed by atoms with Crippen LogP contribution in [-0.4, -0.2) is 11.0 Å². The molecule has 1 fully saturated rings. The van der Waals surface area contributed by atoms with Crippen LogP contribution < -0.4 is 10.2 Å². The van der Waals surface area contributed by atoms with E-state index in [-0.39, 0.29) is 22.3 Å². The molecule has 0 radical (unpaired) electrons. The van der Waals surface area contributed by atoms with E-state index in [0.717, 1.165) is 4.90 Å². The molecule has 1 aliphatic heterocycles. The molecule has 1 N–H and O–H groups in total. The molecule has 4 rings (SSSR count). The number of thiocarbonyl (C=S) groups is 1. The number of hydrogen-bond acceptors (Lipinski definition) is 3. The number of nitrogens with one attached hydrogen (secondary N) is 1. The zero-order valence-corrected chi connectivity index (χ0v) is 14.6. The van der Waals surface area contributed by atoms with E-state index < -0.39 is 11.7 Å². The highest BCUT2D eigenvalue weighted by molar-refractivity contribution is 7.80. The number of para-hydroxylation sites is 1. The molecule has 0 aliphatic carbocycles. The summed E-state index contributed by atoms with van der Waals surface area (Å²) in [6.07, 6.45) is 1.49. The van der Waals surface area contributed by atoms with Crippen LogP contribution in [0.1, 0.15) is 5.76 Å². The van der Waals surface area contributed by atoms with Crippen LogP contribution in [0.2, 0.25) is 0 Å². The lowest BCUT2D eigenvalue weighted by Gasteiger charge is -2.14. The summed E-state index contributed by atoms with van der Waals surface area (Å²) in [5, 5.41) is 2.86. The molecular formula is C20H12F2N2O2S. The van der Waals surface area contributed by atoms with E-state index in [1.165, 1.54) is 36.4 Å². The molecule has 4 nitrogen and oxygen atoms in total. The highest BCUT2D eigenvalue weighted by Gasteiger charge is 2.33. The topological polar surface area (TPSA) is 45.5 Å². The first-order chi connectivity index (χ1) is 13.0. The Bertz CT molecular complexity index is 1070. The fraction of sp³-hybridized carbons (Fsp3) is 0. The Labute approximate surface area is 158 Å². The molecule has 0 spiro atoms. The molecule has 0 saturated carbocycles. The number of halogens is 2. The minimum absolute atomic E-state index is 0.0786. The molecular weight excluding hydrogens is 370 g/mol. The first-order valence-electron chi connectivity index (χ1n) is 8.00. The van der Waals surface area contributed by atoms with Crippen molar-refractivity contribution in [1.29, 1.82) is 0 Å². The van der Waals surface area contributed by atoms with Crippen LogP contribution in [0.15, 0.2) is 70.8 Å². The summed E-state index contributed by atoms with van der Waals surface area (Å²) in [7, 11) is 0. The molecule has 0 unspecified atom stereocenters. The lowest BCUT2D eigenvalue weighted by Crippen LogP contribution is -2.31. The SMILES string of the molecule is O=C1C(=Cc2ccc(-c3ccc(F)cc3)o2)NC(=S)N1c1ccccc1F. The van der Waals surface area contributed by atoms with Crippen molar-refractivity contribution in [2.75, 3.05) is 4.90 Å². The van der Waals surface area contributed by atoms with Gasteiger partial charge < -0.3 is 9.73 Å². The molecule has 0 bridgehead atoms. The van der Waals surface area contributed by atoms with Gasteiger partial charge in [-0.25, -0.2) is 13.7 Å². The summed E-state index contributed by atoms with van der Waals surface area (Å²) in [5.74, 6) is -0.433. The van der Waals surface area contributed by atoms with Crippen LogP contribution >= 0.6 is 12.2 Å². The van der Waals surface area contributed by atoms with E-state index in [1.54, 1.807) is 30.3 Å². The van der Waals surface area contributed by atoms with Gasteiger partial charge in [0, 0.05) is 11.6 Å². The van der Waals surface area contributed by atoms with Crippen molar-refractivity contribution < 1.29 is 18.0 Å². The lowest BCUT2D eigenvalue weighted by molar-refractivity contribution is -0.113. The summed E-state index contributed by atoms with van der Waals surface area (Å²) in [6.45, 7) is 0. The Morgan fingerprint density at radius 3 is 2.48 bits per heavy atom. The van der Waals surface area contributed by atoms with Crippen molar-refractivity contribution in [2.45, 2.75) is 0 Å². The van der Waals surface area contributed by atoms with Crippen LogP contribution in [-0.2, 0) is 4.79 Å². The van der Waals surface area contributed by atoms with Gasteiger partial charge in [0.05, 0.1) is 5.69 Å². The van der Waals surface area contributed by atoms with E-state index in [1.807, 2.05) is 0 Å². The van der Waals surface area contributed by atoms with Gasteiger partial charge in [0.1, 0.15) is 28.9 Å². The van der Waals surface area contributed by atoms with Crippen molar-refractivity contribution >= 4 is 35.0 Å². The Morgan fingerprint density at radius 2 is 1.74 bits per heavy atom. The molecule has 0 atom stereocenters. The van der Waals surface area contributed by atoms with Gasteiger partial charge in [-0.15, -0.1) is 0 Å². The quantitative estimate of drug-likeness (QED) is 0.536. The number of hydrogen-bond donors (Lipinski definition) is 1. The second-order valence-electron chi connectivity index (χ2n) is 5.79. The molecule has 1 aliphatic rings. The average molecular weight is 382 g/mol. The Hall–Kier alpha value is -3.32. The van der Waals surface area contributed by atoms with Crippen molar-refractivity contribution in [1.82, 2.24) is 5.32 Å². The standard InChI is InChI=1S/C20H12F2N2O2S/c21-13-7-5-12(6-8-13)18-10-9-14(26-18)11-16-19(25)24(20(27)23-16)17-4-2-1-3-15(17)22/h1-11H,(H,23,27). The van der Waals surface area contributed by atoms with Gasteiger partial charge >= 0.3 is 0 Å². The van der Waals surface area contributed by atoms with Crippen molar-refractivity contribution in [2.24, 2.45) is 0 Å². The summed E-state index contributed by atoms with van der Waals surface area (Å²) < 4.78 is 32.7. The van der Waals surface area contributed by atoms with Crippen LogP contribution in [0.25, 0.3) is 17.4 Å². The summed E-state index contributed by atoms with van der Waals surface area (Å²) in [6, 6.07) is 15.1. The number of carbonyl (C=O) groups is 1. The second-order valence-corrected chi connectivity index (χ2v) is 6.18. The van der Waals surface area contributed by atoms with Crippen molar-refractivity contribution in [3.05, 3.63) is 83.8 Å². The van der Waals surface area contributed by atoms with Crippen LogP contribution in [0, 0.1) is 11.6 Å². The molecule has 1 saturated heterocycles. The number of carbonyl (C=O) groups excluding carboxylic acids is 1. The first-order valence-corrected chi connectivity index (χ1v) is 8.41. The summed E-state index contributed by atoms with van der Waals surface area (Å²) in [5.41, 5.74) is 0.952. The van der Waals surface area contributed by atoms with Gasteiger partial charge in [0.25, 0.3) is 5.91 Å². The normalized spacial score (nSPS) is 15.5. The molecule has 2 aromatic carbocycles. The number of amides is 1. The zero-order chi connectivity index (χ0) is 19.0. The fourth-order valence-electron chi connectivity index (χ4n) is 2.73. The molecule has 2 heterocycles. The van der Waals surface area contributed by atoms with E-state index in [0.29, 0.717) is 17.1 Å². The molecule has 7 heteroatoms. The predicted molar refractivity (Wildman–Crippen MR) is 102 cm³/mol. The summed E-state index contributed by atoms with van der Waals surface area (Å²) >= 11 is 5.17. The van der Waals surface area contributed by atoms with E-state index in [2.05, 4.69) is 5.32 Å². The lowest BCUT2D eigenvalue weighted by atomic mass is 10.2. The first kappa shape index (κ1) is 17.1. The van der Waals surface area contributed by atoms with Crippen LogP contribution in [0.4, 0.5) is 14.5 Å². The minimum Gasteiger partial charge on any atom is -0.457 e. The highest BCUT2D eigenvalue weighted by Crippen LogP contribution is 2.27. The number of nitrogens with zero attached hydrogens (tertiary/aromatic N) is 1. The number of benzene rings is 2. The largest absolute Gasteiger partial charge is 0.457 e. The van der Waals surface area contributed by atoms with Gasteiger partial charge in [0.15, 0.2) is 5.11 Å². The number of rotatable bonds is 3. The second kappa shape index (κ2) is 6.77. The van der Waals surface area contributed by atoms with Crippen molar-refractivity contribution in [3.63, 3.8) is 0 Å². The molecule has 1 amide bonds. The molecule has 27 heavy (non-hydrogen) atoms. The Balaban J connectivity index is 1.62. The minimum atomic E-state index is -0.548. The van der Waals surface area contributed by atoms with Crippen molar-refractivity contribution in [3.8, 4) is 11.3 Å². The van der Waals surface area contributed by atoms with E-state index in [9.17, 15) is 13.6 Å². The number of furan rings is 1. The molecule has 1 aromatic heterocycles. The molecule has 3 aromatic rings. The Morgan fingerprint density at radius 1 is 1.00 bits per heavy atom. The smallest absolute Gasteiger partial charge is 0.281 e. The van der Waals surface area contributed by atoms with Gasteiger partial charge in [0.2, 0.25) is 0 Å². The van der Waals surface area contributed by atoms with Gasteiger partial charge in [-0.1, -0.05) is 12.1 Å². The molecule has 134 valence electrons. The van der Waals surface area contributed by atoms with E-state index in [4.69, 9.17) is 16.6 Å². The van der Waals surface area contributed by atoms with Crippen LogP contribution in [0.3, 0.4) is 0 Å². The van der Waals surface area contributed by atoms with E-state index >= 15 is 0 Å². The Kier molecular flexibility index (Phi) is 4.29. The monoisotopic (exact) mass is 382 g/mol.